The highest BCUT2D eigenvalue weighted by Crippen LogP contribution is 2.21. The molecule has 1 unspecified atom stereocenters. The van der Waals surface area contributed by atoms with E-state index in [0.29, 0.717) is 0 Å². The van der Waals surface area contributed by atoms with Gasteiger partial charge in [0.15, 0.2) is 0 Å². The number of hydrogen-bond acceptors (Lipinski definition) is 2. The van der Waals surface area contributed by atoms with Crippen LogP contribution in [0.4, 0.5) is 8.78 Å². The highest BCUT2D eigenvalue weighted by molar-refractivity contribution is 5.23. The van der Waals surface area contributed by atoms with Gasteiger partial charge in [0.1, 0.15) is 11.6 Å². The third kappa shape index (κ3) is 2.68. The smallest absolute Gasteiger partial charge is 0.129 e. The molecule has 2 rings (SSSR count). The molecule has 0 amide bonds. The summed E-state index contributed by atoms with van der Waals surface area (Å²) in [6.45, 7) is 0. The van der Waals surface area contributed by atoms with Gasteiger partial charge in [-0.05, 0) is 23.8 Å². The van der Waals surface area contributed by atoms with Crippen molar-refractivity contribution in [3.05, 3.63) is 53.4 Å². The predicted octanol–water partition coefficient (Wildman–Crippen LogP) is 1.97. The van der Waals surface area contributed by atoms with Crippen molar-refractivity contribution in [2.75, 3.05) is 0 Å². The van der Waals surface area contributed by atoms with Crippen LogP contribution in [0, 0.1) is 11.6 Å². The zero-order valence-electron chi connectivity index (χ0n) is 9.27. The van der Waals surface area contributed by atoms with Gasteiger partial charge < -0.3 is 5.11 Å². The minimum Gasteiger partial charge on any atom is -0.388 e. The molecule has 1 N–H and O–H groups in total. The van der Waals surface area contributed by atoms with E-state index in [1.54, 1.807) is 24.1 Å². The topological polar surface area (TPSA) is 38.0 Å². The first-order chi connectivity index (χ1) is 8.06. The van der Waals surface area contributed by atoms with Gasteiger partial charge in [-0.2, -0.15) is 5.10 Å². The van der Waals surface area contributed by atoms with E-state index in [2.05, 4.69) is 5.10 Å². The Kier molecular flexibility index (Phi) is 3.19. The van der Waals surface area contributed by atoms with Gasteiger partial charge in [0, 0.05) is 25.2 Å². The van der Waals surface area contributed by atoms with Gasteiger partial charge in [-0.3, -0.25) is 4.68 Å². The van der Waals surface area contributed by atoms with E-state index in [0.717, 1.165) is 23.8 Å². The van der Waals surface area contributed by atoms with E-state index in [9.17, 15) is 13.9 Å². The Morgan fingerprint density at radius 2 is 2.18 bits per heavy atom. The van der Waals surface area contributed by atoms with Crippen LogP contribution in [-0.2, 0) is 13.5 Å². The summed E-state index contributed by atoms with van der Waals surface area (Å²) in [4.78, 5) is 0. The quantitative estimate of drug-likeness (QED) is 0.887. The molecule has 0 aliphatic carbocycles. The van der Waals surface area contributed by atoms with E-state index < -0.39 is 17.7 Å². The van der Waals surface area contributed by atoms with Crippen LogP contribution in [0.1, 0.15) is 17.2 Å². The van der Waals surface area contributed by atoms with E-state index in [1.807, 2.05) is 0 Å². The van der Waals surface area contributed by atoms with E-state index >= 15 is 0 Å². The molecule has 2 aromatic rings. The number of rotatable bonds is 3. The summed E-state index contributed by atoms with van der Waals surface area (Å²) >= 11 is 0. The highest BCUT2D eigenvalue weighted by Gasteiger charge is 2.15. The molecular formula is C12H12F2N2O. The van der Waals surface area contributed by atoms with Gasteiger partial charge in [-0.25, -0.2) is 8.78 Å². The SMILES string of the molecule is Cn1cc(CC(O)c2cc(F)ccc2F)cn1. The maximum Gasteiger partial charge on any atom is 0.129 e. The van der Waals surface area contributed by atoms with E-state index in [1.165, 1.54) is 0 Å². The van der Waals surface area contributed by atoms with Gasteiger partial charge in [0.05, 0.1) is 12.3 Å². The van der Waals surface area contributed by atoms with E-state index in [4.69, 9.17) is 0 Å². The third-order valence-corrected chi connectivity index (χ3v) is 2.50. The van der Waals surface area contributed by atoms with Crippen molar-refractivity contribution in [2.45, 2.75) is 12.5 Å². The summed E-state index contributed by atoms with van der Waals surface area (Å²) in [5.41, 5.74) is 0.734. The highest BCUT2D eigenvalue weighted by atomic mass is 19.1. The van der Waals surface area contributed by atoms with Crippen molar-refractivity contribution in [3.8, 4) is 0 Å². The first kappa shape index (κ1) is 11.7. The molecular weight excluding hydrogens is 226 g/mol. The van der Waals surface area contributed by atoms with Crippen molar-refractivity contribution in [3.63, 3.8) is 0 Å². The molecule has 0 spiro atoms. The largest absolute Gasteiger partial charge is 0.388 e. The number of nitrogens with zero attached hydrogens (tertiary/aromatic N) is 2. The molecule has 0 radical (unpaired) electrons. The van der Waals surface area contributed by atoms with Gasteiger partial charge in [0.25, 0.3) is 0 Å². The van der Waals surface area contributed by atoms with Crippen molar-refractivity contribution < 1.29 is 13.9 Å². The number of aryl methyl sites for hydroxylation is 1. The number of aliphatic hydroxyl groups is 1. The Bertz CT molecular complexity index is 525. The zero-order valence-corrected chi connectivity index (χ0v) is 9.27. The van der Waals surface area contributed by atoms with Crippen molar-refractivity contribution >= 4 is 0 Å². The summed E-state index contributed by atoms with van der Waals surface area (Å²) in [5.74, 6) is -1.17. The molecule has 1 aromatic carbocycles. The lowest BCUT2D eigenvalue weighted by molar-refractivity contribution is 0.173. The van der Waals surface area contributed by atoms with Crippen LogP contribution in [0.5, 0.6) is 0 Å². The van der Waals surface area contributed by atoms with Crippen molar-refractivity contribution in [1.29, 1.82) is 0 Å². The molecule has 0 saturated heterocycles. The molecule has 3 nitrogen and oxygen atoms in total. The van der Waals surface area contributed by atoms with Gasteiger partial charge in [-0.15, -0.1) is 0 Å². The molecule has 1 heterocycles. The lowest BCUT2D eigenvalue weighted by Crippen LogP contribution is -2.04. The van der Waals surface area contributed by atoms with Gasteiger partial charge in [0.2, 0.25) is 0 Å². The number of aromatic nitrogens is 2. The van der Waals surface area contributed by atoms with Crippen LogP contribution in [0.15, 0.2) is 30.6 Å². The normalized spacial score (nSPS) is 12.7. The summed E-state index contributed by atoms with van der Waals surface area (Å²) in [6.07, 6.45) is 2.43. The summed E-state index contributed by atoms with van der Waals surface area (Å²) in [5, 5.41) is 13.8. The Labute approximate surface area is 97.3 Å². The Morgan fingerprint density at radius 1 is 1.41 bits per heavy atom. The van der Waals surface area contributed by atoms with Crippen LogP contribution in [0.25, 0.3) is 0 Å². The maximum atomic E-state index is 13.4. The second kappa shape index (κ2) is 4.63. The monoisotopic (exact) mass is 238 g/mol. The molecule has 0 aliphatic heterocycles. The summed E-state index contributed by atoms with van der Waals surface area (Å²) in [6, 6.07) is 3.04. The molecule has 0 saturated carbocycles. The fraction of sp³-hybridized carbons (Fsp3) is 0.250. The molecule has 1 aromatic heterocycles. The van der Waals surface area contributed by atoms with Crippen LogP contribution in [-0.4, -0.2) is 14.9 Å². The first-order valence-electron chi connectivity index (χ1n) is 5.17. The van der Waals surface area contributed by atoms with Gasteiger partial charge >= 0.3 is 0 Å². The molecule has 1 atom stereocenters. The Balaban J connectivity index is 2.19. The second-order valence-electron chi connectivity index (χ2n) is 3.91. The molecule has 90 valence electrons. The number of halogens is 2. The minimum atomic E-state index is -1.07. The molecule has 0 aliphatic rings. The van der Waals surface area contributed by atoms with Crippen molar-refractivity contribution in [2.24, 2.45) is 7.05 Å². The van der Waals surface area contributed by atoms with Crippen LogP contribution in [0.2, 0.25) is 0 Å². The Morgan fingerprint density at radius 3 is 2.82 bits per heavy atom. The number of benzene rings is 1. The van der Waals surface area contributed by atoms with Crippen LogP contribution >= 0.6 is 0 Å². The van der Waals surface area contributed by atoms with E-state index in [-0.39, 0.29) is 12.0 Å². The molecule has 0 fully saturated rings. The second-order valence-corrected chi connectivity index (χ2v) is 3.91. The third-order valence-electron chi connectivity index (χ3n) is 2.50. The Hall–Kier alpha value is -1.75. The standard InChI is InChI=1S/C12H12F2N2O/c1-16-7-8(6-15-16)4-12(17)10-5-9(13)2-3-11(10)14/h2-3,5-7,12,17H,4H2,1H3. The lowest BCUT2D eigenvalue weighted by atomic mass is 10.0. The fourth-order valence-corrected chi connectivity index (χ4v) is 1.68. The maximum absolute atomic E-state index is 13.4. The molecule has 5 heteroatoms. The van der Waals surface area contributed by atoms with Crippen LogP contribution < -0.4 is 0 Å². The fourth-order valence-electron chi connectivity index (χ4n) is 1.68. The predicted molar refractivity (Wildman–Crippen MR) is 58.2 cm³/mol. The summed E-state index contributed by atoms with van der Waals surface area (Å²) in [7, 11) is 1.75. The number of hydrogen-bond donors (Lipinski definition) is 1. The average molecular weight is 238 g/mol. The van der Waals surface area contributed by atoms with Crippen LogP contribution in [0.3, 0.4) is 0 Å². The number of aliphatic hydroxyl groups excluding tert-OH is 1. The molecule has 0 bridgehead atoms. The lowest BCUT2D eigenvalue weighted by Gasteiger charge is -2.10. The summed E-state index contributed by atoms with van der Waals surface area (Å²) < 4.78 is 27.9. The average Bonchev–Trinajstić information content (AvgIpc) is 2.67. The van der Waals surface area contributed by atoms with Crippen molar-refractivity contribution in [1.82, 2.24) is 9.78 Å². The zero-order chi connectivity index (χ0) is 12.4. The minimum absolute atomic E-state index is 0.0335. The first-order valence-corrected chi connectivity index (χ1v) is 5.17. The van der Waals surface area contributed by atoms with Gasteiger partial charge in [-0.1, -0.05) is 0 Å². The molecule has 17 heavy (non-hydrogen) atoms.